The van der Waals surface area contributed by atoms with Crippen molar-refractivity contribution in [3.8, 4) is 0 Å². The lowest BCUT2D eigenvalue weighted by Crippen LogP contribution is -2.40. The lowest BCUT2D eigenvalue weighted by atomic mass is 10.0. The van der Waals surface area contributed by atoms with Crippen molar-refractivity contribution in [3.63, 3.8) is 0 Å². The van der Waals surface area contributed by atoms with Crippen LogP contribution in [0.15, 0.2) is 24.5 Å². The van der Waals surface area contributed by atoms with E-state index in [1.807, 2.05) is 12.4 Å². The van der Waals surface area contributed by atoms with Gasteiger partial charge in [0.1, 0.15) is 0 Å². The number of rotatable bonds is 3. The molecule has 0 radical (unpaired) electrons. The van der Waals surface area contributed by atoms with Gasteiger partial charge in [-0.3, -0.25) is 0 Å². The van der Waals surface area contributed by atoms with Crippen LogP contribution in [0.3, 0.4) is 0 Å². The van der Waals surface area contributed by atoms with Crippen molar-refractivity contribution >= 4 is 17.0 Å². The summed E-state index contributed by atoms with van der Waals surface area (Å²) < 4.78 is 2.19. The first kappa shape index (κ1) is 14.7. The third kappa shape index (κ3) is 2.74. The summed E-state index contributed by atoms with van der Waals surface area (Å²) in [6.45, 7) is 2.29. The number of carboxylic acid groups (broad SMARTS) is 1. The van der Waals surface area contributed by atoms with Gasteiger partial charge in [-0.15, -0.1) is 0 Å². The predicted octanol–water partition coefficient (Wildman–Crippen LogP) is 3.31. The number of aromatic nitrogens is 2. The topological polar surface area (TPSA) is 58.4 Å². The van der Waals surface area contributed by atoms with Crippen molar-refractivity contribution in [1.82, 2.24) is 14.5 Å². The predicted molar refractivity (Wildman–Crippen MR) is 88.8 cm³/mol. The van der Waals surface area contributed by atoms with Gasteiger partial charge in [-0.05, 0) is 43.9 Å². The molecule has 0 amide bonds. The fourth-order valence-electron chi connectivity index (χ4n) is 4.25. The summed E-state index contributed by atoms with van der Waals surface area (Å²) >= 11 is 0. The quantitative estimate of drug-likeness (QED) is 0.944. The first-order chi connectivity index (χ1) is 11.2. The fourth-order valence-corrected chi connectivity index (χ4v) is 4.25. The Morgan fingerprint density at radius 3 is 2.52 bits per heavy atom. The van der Waals surface area contributed by atoms with E-state index in [4.69, 9.17) is 0 Å². The fraction of sp³-hybridized carbons (Fsp3) is 0.556. The van der Waals surface area contributed by atoms with Crippen LogP contribution in [0.2, 0.25) is 0 Å². The molecule has 5 nitrogen and oxygen atoms in total. The molecule has 0 unspecified atom stereocenters. The smallest absolute Gasteiger partial charge is 0.335 e. The van der Waals surface area contributed by atoms with Crippen molar-refractivity contribution < 1.29 is 9.90 Å². The van der Waals surface area contributed by atoms with Gasteiger partial charge < -0.3 is 14.6 Å². The van der Waals surface area contributed by atoms with E-state index in [0.717, 1.165) is 43.0 Å². The van der Waals surface area contributed by atoms with Crippen LogP contribution in [0.25, 0.3) is 11.0 Å². The zero-order valence-corrected chi connectivity index (χ0v) is 13.3. The lowest BCUT2D eigenvalue weighted by Gasteiger charge is -2.36. The van der Waals surface area contributed by atoms with Gasteiger partial charge in [0.25, 0.3) is 0 Å². The van der Waals surface area contributed by atoms with Crippen molar-refractivity contribution in [1.29, 1.82) is 0 Å². The number of fused-ring (bicyclic) bond motifs is 1. The zero-order chi connectivity index (χ0) is 15.8. The summed E-state index contributed by atoms with van der Waals surface area (Å²) in [6.07, 6.45) is 9.62. The Kier molecular flexibility index (Phi) is 3.81. The SMILES string of the molecule is O=C(O)c1ccc2ncn(C3CCN(C4CCCC4)CC3)c2c1. The summed E-state index contributed by atoms with van der Waals surface area (Å²) in [6, 6.07) is 6.43. The minimum Gasteiger partial charge on any atom is -0.478 e. The molecular formula is C18H23N3O2. The first-order valence-corrected chi connectivity index (χ1v) is 8.66. The second-order valence-corrected chi connectivity index (χ2v) is 6.87. The summed E-state index contributed by atoms with van der Waals surface area (Å²) in [4.78, 5) is 18.3. The third-order valence-corrected chi connectivity index (χ3v) is 5.56. The highest BCUT2D eigenvalue weighted by Gasteiger charge is 2.28. The molecule has 122 valence electrons. The number of benzene rings is 1. The summed E-state index contributed by atoms with van der Waals surface area (Å²) in [5, 5.41) is 9.20. The maximum atomic E-state index is 11.2. The molecule has 1 saturated heterocycles. The average molecular weight is 313 g/mol. The number of carboxylic acids is 1. The van der Waals surface area contributed by atoms with E-state index in [1.54, 1.807) is 12.1 Å². The summed E-state index contributed by atoms with van der Waals surface area (Å²) in [5.41, 5.74) is 2.17. The van der Waals surface area contributed by atoms with Crippen molar-refractivity contribution in [2.24, 2.45) is 0 Å². The van der Waals surface area contributed by atoms with Crippen molar-refractivity contribution in [3.05, 3.63) is 30.1 Å². The second kappa shape index (κ2) is 5.96. The van der Waals surface area contributed by atoms with Crippen LogP contribution in [0, 0.1) is 0 Å². The molecule has 0 atom stereocenters. The van der Waals surface area contributed by atoms with Crippen molar-refractivity contribution in [2.75, 3.05) is 13.1 Å². The Balaban J connectivity index is 1.53. The van der Waals surface area contributed by atoms with Gasteiger partial charge in [0.05, 0.1) is 22.9 Å². The highest BCUT2D eigenvalue weighted by molar-refractivity contribution is 5.92. The monoisotopic (exact) mass is 313 g/mol. The molecule has 1 aromatic carbocycles. The molecule has 2 heterocycles. The van der Waals surface area contributed by atoms with Crippen LogP contribution in [0.5, 0.6) is 0 Å². The van der Waals surface area contributed by atoms with E-state index in [9.17, 15) is 9.90 Å². The molecule has 1 aromatic heterocycles. The normalized spacial score (nSPS) is 21.2. The Morgan fingerprint density at radius 1 is 1.09 bits per heavy atom. The van der Waals surface area contributed by atoms with E-state index in [-0.39, 0.29) is 0 Å². The van der Waals surface area contributed by atoms with E-state index in [0.29, 0.717) is 11.6 Å². The van der Waals surface area contributed by atoms with Crippen LogP contribution in [0.1, 0.15) is 54.9 Å². The molecule has 23 heavy (non-hydrogen) atoms. The maximum absolute atomic E-state index is 11.2. The van der Waals surface area contributed by atoms with E-state index < -0.39 is 5.97 Å². The number of imidazole rings is 1. The molecule has 0 spiro atoms. The molecule has 1 saturated carbocycles. The first-order valence-electron chi connectivity index (χ1n) is 8.66. The van der Waals surface area contributed by atoms with Gasteiger partial charge >= 0.3 is 5.97 Å². The number of hydrogen-bond acceptors (Lipinski definition) is 3. The Bertz CT molecular complexity index is 710. The van der Waals surface area contributed by atoms with Crippen LogP contribution in [-0.4, -0.2) is 44.7 Å². The number of likely N-dealkylation sites (tertiary alicyclic amines) is 1. The van der Waals surface area contributed by atoms with E-state index in [2.05, 4.69) is 14.5 Å². The van der Waals surface area contributed by atoms with Crippen molar-refractivity contribution in [2.45, 2.75) is 50.6 Å². The number of aromatic carboxylic acids is 1. The summed E-state index contributed by atoms with van der Waals surface area (Å²) in [7, 11) is 0. The second-order valence-electron chi connectivity index (χ2n) is 6.87. The maximum Gasteiger partial charge on any atom is 0.335 e. The Morgan fingerprint density at radius 2 is 1.83 bits per heavy atom. The molecule has 2 aliphatic rings. The Labute approximate surface area is 135 Å². The van der Waals surface area contributed by atoms with E-state index >= 15 is 0 Å². The Hall–Kier alpha value is -1.88. The highest BCUT2D eigenvalue weighted by Crippen LogP contribution is 2.31. The van der Waals surface area contributed by atoms with Crippen LogP contribution >= 0.6 is 0 Å². The largest absolute Gasteiger partial charge is 0.478 e. The molecule has 1 N–H and O–H groups in total. The van der Waals surface area contributed by atoms with Gasteiger partial charge in [0, 0.05) is 25.2 Å². The van der Waals surface area contributed by atoms with Gasteiger partial charge in [0.15, 0.2) is 0 Å². The third-order valence-electron chi connectivity index (χ3n) is 5.56. The standard InChI is InChI=1S/C18H23N3O2/c22-18(23)13-5-6-16-17(11-13)21(12-19-16)15-7-9-20(10-8-15)14-3-1-2-4-14/h5-6,11-12,14-15H,1-4,7-10H2,(H,22,23). The zero-order valence-electron chi connectivity index (χ0n) is 13.3. The molecule has 4 rings (SSSR count). The molecule has 2 aromatic rings. The van der Waals surface area contributed by atoms with Gasteiger partial charge in [0.2, 0.25) is 0 Å². The van der Waals surface area contributed by atoms with Crippen LogP contribution in [0.4, 0.5) is 0 Å². The summed E-state index contributed by atoms with van der Waals surface area (Å²) in [5.74, 6) is -0.879. The molecule has 0 bridgehead atoms. The van der Waals surface area contributed by atoms with Gasteiger partial charge in [-0.25, -0.2) is 9.78 Å². The lowest BCUT2D eigenvalue weighted by molar-refractivity contribution is 0.0697. The minimum absolute atomic E-state index is 0.336. The molecule has 2 fully saturated rings. The molecule has 1 aliphatic heterocycles. The average Bonchev–Trinajstić information content (AvgIpc) is 3.24. The van der Waals surface area contributed by atoms with Gasteiger partial charge in [-0.2, -0.15) is 0 Å². The number of piperidine rings is 1. The van der Waals surface area contributed by atoms with Gasteiger partial charge in [-0.1, -0.05) is 12.8 Å². The van der Waals surface area contributed by atoms with E-state index in [1.165, 1.54) is 25.7 Å². The molecular weight excluding hydrogens is 290 g/mol. The minimum atomic E-state index is -0.879. The van der Waals surface area contributed by atoms with Crippen LogP contribution in [-0.2, 0) is 0 Å². The number of carbonyl (C=O) groups is 1. The molecule has 5 heteroatoms. The highest BCUT2D eigenvalue weighted by atomic mass is 16.4. The van der Waals surface area contributed by atoms with Crippen LogP contribution < -0.4 is 0 Å². The number of hydrogen-bond donors (Lipinski definition) is 1. The molecule has 1 aliphatic carbocycles. The number of nitrogens with zero attached hydrogens (tertiary/aromatic N) is 3.